The molecule has 8 heteroatoms. The molecule has 0 spiro atoms. The van der Waals surface area contributed by atoms with Gasteiger partial charge in [0.05, 0.1) is 10.6 Å². The molecule has 7 nitrogen and oxygen atoms in total. The van der Waals surface area contributed by atoms with Crippen molar-refractivity contribution in [3.8, 4) is 0 Å². The Morgan fingerprint density at radius 1 is 1.36 bits per heavy atom. The molecule has 2 heterocycles. The van der Waals surface area contributed by atoms with Gasteiger partial charge < -0.3 is 0 Å². The number of non-ortho nitro benzene ring substituents is 1. The number of amides is 1. The number of likely N-dealkylation sites (tertiary alicyclic amines) is 1. The third-order valence-corrected chi connectivity index (χ3v) is 5.18. The lowest BCUT2D eigenvalue weighted by molar-refractivity contribution is -0.384. The number of thiazole rings is 1. The zero-order chi connectivity index (χ0) is 17.8. The van der Waals surface area contributed by atoms with Crippen LogP contribution in [0.4, 0.5) is 10.8 Å². The minimum absolute atomic E-state index is 0.0380. The van der Waals surface area contributed by atoms with Gasteiger partial charge in [0.15, 0.2) is 5.13 Å². The van der Waals surface area contributed by atoms with Gasteiger partial charge in [-0.15, -0.1) is 11.3 Å². The standard InChI is InChI=1S/C17H20N4O3S/c1-12-6-8-20(9-7-12)10-14-11-25-17(18-14)19-16(22)13-2-4-15(5-3-13)21(23)24/h2-5,11-12H,6-10H2,1H3,(H,18,19,22). The van der Waals surface area contributed by atoms with E-state index in [1.54, 1.807) is 0 Å². The fourth-order valence-electron chi connectivity index (χ4n) is 2.79. The minimum Gasteiger partial charge on any atom is -0.298 e. The molecule has 25 heavy (non-hydrogen) atoms. The van der Waals surface area contributed by atoms with Gasteiger partial charge in [-0.3, -0.25) is 25.1 Å². The van der Waals surface area contributed by atoms with Crippen LogP contribution in [0.1, 0.15) is 35.8 Å². The molecule has 3 rings (SSSR count). The van der Waals surface area contributed by atoms with Crippen molar-refractivity contribution in [3.63, 3.8) is 0 Å². The molecule has 1 amide bonds. The lowest BCUT2D eigenvalue weighted by Gasteiger charge is -2.29. The van der Waals surface area contributed by atoms with Crippen molar-refractivity contribution in [1.82, 2.24) is 9.88 Å². The molecule has 0 radical (unpaired) electrons. The Bertz CT molecular complexity index is 752. The first-order valence-corrected chi connectivity index (χ1v) is 9.12. The van der Waals surface area contributed by atoms with E-state index in [1.165, 1.54) is 48.4 Å². The van der Waals surface area contributed by atoms with Crippen LogP contribution < -0.4 is 5.32 Å². The summed E-state index contributed by atoms with van der Waals surface area (Å²) >= 11 is 1.39. The van der Waals surface area contributed by atoms with E-state index in [-0.39, 0.29) is 11.6 Å². The van der Waals surface area contributed by atoms with Crippen molar-refractivity contribution in [2.24, 2.45) is 5.92 Å². The summed E-state index contributed by atoms with van der Waals surface area (Å²) in [5.41, 5.74) is 1.29. The van der Waals surface area contributed by atoms with Crippen molar-refractivity contribution in [2.75, 3.05) is 18.4 Å². The van der Waals surface area contributed by atoms with E-state index in [2.05, 4.69) is 22.1 Å². The Morgan fingerprint density at radius 2 is 2.04 bits per heavy atom. The van der Waals surface area contributed by atoms with Crippen molar-refractivity contribution >= 4 is 28.1 Å². The largest absolute Gasteiger partial charge is 0.298 e. The van der Waals surface area contributed by atoms with E-state index in [9.17, 15) is 14.9 Å². The molecule has 1 aromatic carbocycles. The van der Waals surface area contributed by atoms with Gasteiger partial charge >= 0.3 is 0 Å². The van der Waals surface area contributed by atoms with Crippen molar-refractivity contribution in [3.05, 3.63) is 51.0 Å². The van der Waals surface area contributed by atoms with Crippen molar-refractivity contribution in [2.45, 2.75) is 26.3 Å². The molecule has 132 valence electrons. The van der Waals surface area contributed by atoms with Gasteiger partial charge in [0.1, 0.15) is 0 Å². The van der Waals surface area contributed by atoms with Gasteiger partial charge in [-0.25, -0.2) is 4.98 Å². The number of nitrogens with zero attached hydrogens (tertiary/aromatic N) is 3. The molecular formula is C17H20N4O3S. The predicted octanol–water partition coefficient (Wildman–Crippen LogP) is 3.54. The number of carbonyl (C=O) groups is 1. The number of nitrogens with one attached hydrogen (secondary N) is 1. The van der Waals surface area contributed by atoms with Crippen LogP contribution in [-0.2, 0) is 6.54 Å². The van der Waals surface area contributed by atoms with E-state index in [0.717, 1.165) is 31.2 Å². The van der Waals surface area contributed by atoms with Crippen LogP contribution in [-0.4, -0.2) is 33.8 Å². The molecule has 1 aromatic heterocycles. The molecule has 1 N–H and O–H groups in total. The first kappa shape index (κ1) is 17.5. The Balaban J connectivity index is 1.57. The quantitative estimate of drug-likeness (QED) is 0.651. The number of piperidine rings is 1. The lowest BCUT2D eigenvalue weighted by Crippen LogP contribution is -2.32. The summed E-state index contributed by atoms with van der Waals surface area (Å²) in [7, 11) is 0. The SMILES string of the molecule is CC1CCN(Cc2csc(NC(=O)c3ccc([N+](=O)[O-])cc3)n2)CC1. The molecular weight excluding hydrogens is 340 g/mol. The first-order chi connectivity index (χ1) is 12.0. The number of aromatic nitrogens is 1. The third-order valence-electron chi connectivity index (χ3n) is 4.37. The summed E-state index contributed by atoms with van der Waals surface area (Å²) in [6, 6.07) is 5.52. The average Bonchev–Trinajstić information content (AvgIpc) is 3.04. The Kier molecular flexibility index (Phi) is 5.40. The smallest absolute Gasteiger partial charge is 0.269 e. The number of hydrogen-bond donors (Lipinski definition) is 1. The average molecular weight is 360 g/mol. The number of nitro benzene ring substituents is 1. The normalized spacial score (nSPS) is 15.9. The summed E-state index contributed by atoms with van der Waals surface area (Å²) in [6.45, 7) is 5.26. The second kappa shape index (κ2) is 7.71. The Hall–Kier alpha value is -2.32. The van der Waals surface area contributed by atoms with E-state index in [4.69, 9.17) is 0 Å². The third kappa shape index (κ3) is 4.61. The van der Waals surface area contributed by atoms with Crippen LogP contribution in [0.25, 0.3) is 0 Å². The first-order valence-electron chi connectivity index (χ1n) is 8.24. The minimum atomic E-state index is -0.490. The fraction of sp³-hybridized carbons (Fsp3) is 0.412. The molecule has 1 fully saturated rings. The monoisotopic (exact) mass is 360 g/mol. The molecule has 0 unspecified atom stereocenters. The molecule has 2 aromatic rings. The van der Waals surface area contributed by atoms with Crippen LogP contribution >= 0.6 is 11.3 Å². The van der Waals surface area contributed by atoms with Gasteiger partial charge in [0, 0.05) is 29.6 Å². The second-order valence-corrected chi connectivity index (χ2v) is 7.22. The highest BCUT2D eigenvalue weighted by Crippen LogP contribution is 2.21. The predicted molar refractivity (Wildman–Crippen MR) is 96.8 cm³/mol. The number of carbonyl (C=O) groups excluding carboxylic acids is 1. The number of rotatable bonds is 5. The topological polar surface area (TPSA) is 88.4 Å². The number of benzene rings is 1. The van der Waals surface area contributed by atoms with Crippen LogP contribution in [0.3, 0.4) is 0 Å². The molecule has 1 saturated heterocycles. The van der Waals surface area contributed by atoms with E-state index >= 15 is 0 Å². The summed E-state index contributed by atoms with van der Waals surface area (Å²) < 4.78 is 0. The van der Waals surface area contributed by atoms with Crippen LogP contribution in [0, 0.1) is 16.0 Å². The molecule has 1 aliphatic rings. The van der Waals surface area contributed by atoms with Gasteiger partial charge in [-0.1, -0.05) is 6.92 Å². The second-order valence-electron chi connectivity index (χ2n) is 6.36. The highest BCUT2D eigenvalue weighted by molar-refractivity contribution is 7.13. The van der Waals surface area contributed by atoms with Crippen molar-refractivity contribution in [1.29, 1.82) is 0 Å². The number of nitro groups is 1. The van der Waals surface area contributed by atoms with Gasteiger partial charge in [0.25, 0.3) is 11.6 Å². The summed E-state index contributed by atoms with van der Waals surface area (Å²) in [4.78, 5) is 29.2. The molecule has 0 saturated carbocycles. The summed E-state index contributed by atoms with van der Waals surface area (Å²) in [5.74, 6) is 0.478. The van der Waals surface area contributed by atoms with Crippen LogP contribution in [0.15, 0.2) is 29.6 Å². The Morgan fingerprint density at radius 3 is 2.68 bits per heavy atom. The van der Waals surface area contributed by atoms with Gasteiger partial charge in [0.2, 0.25) is 0 Å². The lowest BCUT2D eigenvalue weighted by atomic mass is 9.99. The Labute approximate surface area is 149 Å². The van der Waals surface area contributed by atoms with E-state index in [1.807, 2.05) is 5.38 Å². The van der Waals surface area contributed by atoms with E-state index < -0.39 is 4.92 Å². The molecule has 1 aliphatic heterocycles. The number of hydrogen-bond acceptors (Lipinski definition) is 6. The fourth-order valence-corrected chi connectivity index (χ4v) is 3.49. The van der Waals surface area contributed by atoms with Crippen LogP contribution in [0.5, 0.6) is 0 Å². The van der Waals surface area contributed by atoms with Crippen molar-refractivity contribution < 1.29 is 9.72 Å². The zero-order valence-electron chi connectivity index (χ0n) is 14.0. The molecule has 0 aliphatic carbocycles. The highest BCUT2D eigenvalue weighted by atomic mass is 32.1. The van der Waals surface area contributed by atoms with E-state index in [0.29, 0.717) is 10.7 Å². The maximum Gasteiger partial charge on any atom is 0.269 e. The maximum absolute atomic E-state index is 12.2. The highest BCUT2D eigenvalue weighted by Gasteiger charge is 2.17. The zero-order valence-corrected chi connectivity index (χ0v) is 14.8. The van der Waals surface area contributed by atoms with Gasteiger partial charge in [-0.2, -0.15) is 0 Å². The van der Waals surface area contributed by atoms with Crippen LogP contribution in [0.2, 0.25) is 0 Å². The summed E-state index contributed by atoms with van der Waals surface area (Å²) in [6.07, 6.45) is 2.43. The van der Waals surface area contributed by atoms with Gasteiger partial charge in [-0.05, 0) is 44.0 Å². The number of anilines is 1. The molecule has 0 bridgehead atoms. The molecule has 0 atom stereocenters. The summed E-state index contributed by atoms with van der Waals surface area (Å²) in [5, 5.41) is 15.9. The maximum atomic E-state index is 12.2.